The van der Waals surface area contributed by atoms with Gasteiger partial charge in [0, 0.05) is 41.6 Å². The fraction of sp³-hybridized carbons (Fsp3) is 0.217. The quantitative estimate of drug-likeness (QED) is 0.531. The molecule has 0 spiro atoms. The Morgan fingerprint density at radius 1 is 1.26 bits per heavy atom. The first-order chi connectivity index (χ1) is 15.2. The van der Waals surface area contributed by atoms with Gasteiger partial charge in [-0.05, 0) is 29.3 Å². The predicted octanol–water partition coefficient (Wildman–Crippen LogP) is 2.74. The number of aromatic amines is 1. The fourth-order valence-corrected chi connectivity index (χ4v) is 4.03. The topological polar surface area (TPSA) is 110 Å². The van der Waals surface area contributed by atoms with Gasteiger partial charge in [-0.1, -0.05) is 18.2 Å². The molecule has 3 N–H and O–H groups in total. The average molecular weight is 414 g/mol. The predicted molar refractivity (Wildman–Crippen MR) is 117 cm³/mol. The molecular formula is C23H22N6O2. The van der Waals surface area contributed by atoms with Crippen molar-refractivity contribution in [2.45, 2.75) is 12.5 Å². The minimum Gasteiger partial charge on any atom is -0.384 e. The Balaban J connectivity index is 1.37. The van der Waals surface area contributed by atoms with Crippen molar-refractivity contribution in [3.05, 3.63) is 72.6 Å². The van der Waals surface area contributed by atoms with Crippen LogP contribution in [0.2, 0.25) is 0 Å². The molecule has 1 aromatic carbocycles. The summed E-state index contributed by atoms with van der Waals surface area (Å²) in [6.07, 6.45) is 6.81. The number of nitrogens with two attached hydrogens (primary N) is 1. The number of fused-ring (bicyclic) bond motifs is 1. The van der Waals surface area contributed by atoms with Gasteiger partial charge in [-0.15, -0.1) is 0 Å². The van der Waals surface area contributed by atoms with Gasteiger partial charge < -0.3 is 20.4 Å². The molecule has 1 atom stereocenters. The van der Waals surface area contributed by atoms with Crippen molar-refractivity contribution >= 4 is 22.6 Å². The fourth-order valence-electron chi connectivity index (χ4n) is 4.03. The number of nitrogen functional groups attached to an aromatic ring is 1. The van der Waals surface area contributed by atoms with E-state index in [9.17, 15) is 4.79 Å². The Hall–Kier alpha value is -3.78. The number of hydrogen-bond acceptors (Lipinski definition) is 6. The van der Waals surface area contributed by atoms with E-state index in [1.54, 1.807) is 18.5 Å². The van der Waals surface area contributed by atoms with E-state index < -0.39 is 0 Å². The van der Waals surface area contributed by atoms with E-state index in [1.807, 2.05) is 41.4 Å². The van der Waals surface area contributed by atoms with Crippen LogP contribution in [0.15, 0.2) is 61.3 Å². The van der Waals surface area contributed by atoms with Gasteiger partial charge >= 0.3 is 0 Å². The van der Waals surface area contributed by atoms with Gasteiger partial charge in [0.15, 0.2) is 0 Å². The van der Waals surface area contributed by atoms with Gasteiger partial charge in [0.05, 0.1) is 25.3 Å². The van der Waals surface area contributed by atoms with Crippen molar-refractivity contribution in [1.82, 2.24) is 24.8 Å². The zero-order chi connectivity index (χ0) is 21.2. The number of ether oxygens (including phenoxy) is 1. The molecule has 4 aromatic rings. The summed E-state index contributed by atoms with van der Waals surface area (Å²) in [6.45, 7) is 1.44. The van der Waals surface area contributed by atoms with Crippen molar-refractivity contribution in [2.75, 3.05) is 25.4 Å². The molecule has 8 nitrogen and oxygen atoms in total. The molecule has 5 rings (SSSR count). The molecule has 1 amide bonds. The molecule has 1 aliphatic rings. The van der Waals surface area contributed by atoms with Crippen LogP contribution in [0.1, 0.15) is 17.4 Å². The monoisotopic (exact) mass is 414 g/mol. The van der Waals surface area contributed by atoms with Gasteiger partial charge in [-0.2, -0.15) is 0 Å². The summed E-state index contributed by atoms with van der Waals surface area (Å²) in [5, 5.41) is 1.08. The molecule has 31 heavy (non-hydrogen) atoms. The molecule has 156 valence electrons. The minimum atomic E-state index is -0.340. The second kappa shape index (κ2) is 8.16. The lowest BCUT2D eigenvalue weighted by atomic mass is 10.0. The van der Waals surface area contributed by atoms with E-state index >= 15 is 0 Å². The molecule has 8 heteroatoms. The summed E-state index contributed by atoms with van der Waals surface area (Å²) in [4.78, 5) is 30.9. The van der Waals surface area contributed by atoms with E-state index in [-0.39, 0.29) is 12.0 Å². The maximum absolute atomic E-state index is 13.1. The van der Waals surface area contributed by atoms with Crippen molar-refractivity contribution in [3.63, 3.8) is 0 Å². The van der Waals surface area contributed by atoms with Gasteiger partial charge in [-0.25, -0.2) is 15.0 Å². The highest BCUT2D eigenvalue weighted by Gasteiger charge is 2.28. The minimum absolute atomic E-state index is 0.0711. The first-order valence-electron chi connectivity index (χ1n) is 10.2. The number of rotatable bonds is 4. The molecule has 1 aliphatic heterocycles. The van der Waals surface area contributed by atoms with Crippen LogP contribution in [0.3, 0.4) is 0 Å². The Morgan fingerprint density at radius 2 is 2.16 bits per heavy atom. The summed E-state index contributed by atoms with van der Waals surface area (Å²) in [6, 6.07) is 11.6. The normalized spacial score (nSPS) is 16.5. The lowest BCUT2D eigenvalue weighted by Crippen LogP contribution is -2.43. The Bertz CT molecular complexity index is 1240. The molecule has 1 saturated heterocycles. The third kappa shape index (κ3) is 3.85. The zero-order valence-electron chi connectivity index (χ0n) is 16.9. The van der Waals surface area contributed by atoms with Crippen molar-refractivity contribution in [2.24, 2.45) is 0 Å². The van der Waals surface area contributed by atoms with Crippen LogP contribution in [0.25, 0.3) is 22.0 Å². The lowest BCUT2D eigenvalue weighted by molar-refractivity contribution is -0.138. The number of carbonyl (C=O) groups is 1. The zero-order valence-corrected chi connectivity index (χ0v) is 16.9. The van der Waals surface area contributed by atoms with E-state index in [2.05, 4.69) is 19.9 Å². The second-order valence-corrected chi connectivity index (χ2v) is 7.53. The molecule has 3 aromatic heterocycles. The van der Waals surface area contributed by atoms with Gasteiger partial charge in [0.25, 0.3) is 0 Å². The van der Waals surface area contributed by atoms with Gasteiger partial charge in [0.2, 0.25) is 5.91 Å². The number of nitrogens with zero attached hydrogens (tertiary/aromatic N) is 4. The van der Waals surface area contributed by atoms with E-state index in [1.165, 1.54) is 6.33 Å². The number of para-hydroxylation sites is 1. The number of aromatic nitrogens is 4. The standard InChI is InChI=1S/C23H22N6O2/c24-21-9-15(5-6-26-21)18-12-25-14-28-23(18)20-13-29(7-8-31-20)22(30)10-16-11-27-19-4-2-1-3-17(16)19/h1-6,9,11-12,14,20,27H,7-8,10,13H2,(H2,24,26)/t20-/m0/s1. The number of nitrogens with one attached hydrogen (secondary N) is 1. The van der Waals surface area contributed by atoms with Crippen molar-refractivity contribution in [1.29, 1.82) is 0 Å². The van der Waals surface area contributed by atoms with E-state index in [4.69, 9.17) is 10.5 Å². The van der Waals surface area contributed by atoms with Crippen molar-refractivity contribution < 1.29 is 9.53 Å². The highest BCUT2D eigenvalue weighted by atomic mass is 16.5. The van der Waals surface area contributed by atoms with Crippen LogP contribution in [0, 0.1) is 0 Å². The molecule has 4 heterocycles. The van der Waals surface area contributed by atoms with Crippen LogP contribution >= 0.6 is 0 Å². The third-order valence-corrected chi connectivity index (χ3v) is 5.58. The molecular weight excluding hydrogens is 392 g/mol. The average Bonchev–Trinajstić information content (AvgIpc) is 3.22. The van der Waals surface area contributed by atoms with Crippen LogP contribution < -0.4 is 5.73 Å². The molecule has 0 radical (unpaired) electrons. The largest absolute Gasteiger partial charge is 0.384 e. The molecule has 0 unspecified atom stereocenters. The van der Waals surface area contributed by atoms with Crippen molar-refractivity contribution in [3.8, 4) is 11.1 Å². The van der Waals surface area contributed by atoms with E-state index in [0.717, 1.165) is 33.3 Å². The first kappa shape index (κ1) is 19.2. The maximum Gasteiger partial charge on any atom is 0.227 e. The summed E-state index contributed by atoms with van der Waals surface area (Å²) < 4.78 is 6.01. The van der Waals surface area contributed by atoms with Crippen LogP contribution in [-0.2, 0) is 16.0 Å². The molecule has 0 aliphatic carbocycles. The number of amides is 1. The van der Waals surface area contributed by atoms with E-state index in [0.29, 0.717) is 31.9 Å². The molecule has 0 bridgehead atoms. The number of morpholine rings is 1. The summed E-state index contributed by atoms with van der Waals surface area (Å²) in [5.41, 5.74) is 10.3. The summed E-state index contributed by atoms with van der Waals surface area (Å²) in [5.74, 6) is 0.495. The third-order valence-electron chi connectivity index (χ3n) is 5.58. The number of H-pyrrole nitrogens is 1. The highest BCUT2D eigenvalue weighted by molar-refractivity contribution is 5.89. The van der Waals surface area contributed by atoms with Crippen LogP contribution in [-0.4, -0.2) is 50.4 Å². The maximum atomic E-state index is 13.1. The number of pyridine rings is 1. The molecule has 1 fully saturated rings. The second-order valence-electron chi connectivity index (χ2n) is 7.53. The summed E-state index contributed by atoms with van der Waals surface area (Å²) in [7, 11) is 0. The Labute approximate surface area is 179 Å². The number of benzene rings is 1. The Kier molecular flexibility index (Phi) is 5.05. The SMILES string of the molecule is Nc1cc(-c2cncnc2[C@@H]2CN(C(=O)Cc3c[nH]c4ccccc34)CCO2)ccn1. The smallest absolute Gasteiger partial charge is 0.227 e. The number of anilines is 1. The van der Waals surface area contributed by atoms with Gasteiger partial charge in [-0.3, -0.25) is 4.79 Å². The Morgan fingerprint density at radius 3 is 3.06 bits per heavy atom. The summed E-state index contributed by atoms with van der Waals surface area (Å²) >= 11 is 0. The number of hydrogen-bond donors (Lipinski definition) is 2. The van der Waals surface area contributed by atoms with Gasteiger partial charge in [0.1, 0.15) is 18.2 Å². The number of carbonyl (C=O) groups excluding carboxylic acids is 1. The first-order valence-corrected chi connectivity index (χ1v) is 10.2. The van der Waals surface area contributed by atoms with Crippen LogP contribution in [0.4, 0.5) is 5.82 Å². The highest BCUT2D eigenvalue weighted by Crippen LogP contribution is 2.30. The van der Waals surface area contributed by atoms with Crippen LogP contribution in [0.5, 0.6) is 0 Å². The lowest BCUT2D eigenvalue weighted by Gasteiger charge is -2.33. The molecule has 0 saturated carbocycles.